The molecule has 0 saturated heterocycles. The molecule has 0 aliphatic carbocycles. The highest BCUT2D eigenvalue weighted by molar-refractivity contribution is 5.34. The minimum atomic E-state index is -0.708. The molecule has 0 radical (unpaired) electrons. The summed E-state index contributed by atoms with van der Waals surface area (Å²) in [6.45, 7) is 11.3. The van der Waals surface area contributed by atoms with Gasteiger partial charge in [-0.1, -0.05) is 53.7 Å². The van der Waals surface area contributed by atoms with Crippen LogP contribution in [0.3, 0.4) is 0 Å². The van der Waals surface area contributed by atoms with Crippen LogP contribution < -0.4 is 0 Å². The van der Waals surface area contributed by atoms with Crippen LogP contribution in [0.4, 0.5) is 8.78 Å². The Morgan fingerprint density at radius 3 is 1.12 bits per heavy atom. The third-order valence-corrected chi connectivity index (χ3v) is 2.70. The molecule has 0 aromatic heterocycles. The minimum absolute atomic E-state index is 0.374. The number of benzene rings is 1. The molecule has 0 fully saturated rings. The van der Waals surface area contributed by atoms with Crippen molar-refractivity contribution in [3.8, 4) is 0 Å². The van der Waals surface area contributed by atoms with E-state index in [4.69, 9.17) is 0 Å². The second-order valence-electron chi connectivity index (χ2n) is 6.29. The Morgan fingerprint density at radius 1 is 0.688 bits per heavy atom. The predicted octanol–water partition coefficient (Wildman–Crippen LogP) is 4.56. The van der Waals surface area contributed by atoms with Crippen molar-refractivity contribution in [1.82, 2.24) is 0 Å². The summed E-state index contributed by atoms with van der Waals surface area (Å²) < 4.78 is 27.8. The summed E-state index contributed by atoms with van der Waals surface area (Å²) in [5.74, 6) is -1.42. The molecule has 0 unspecified atom stereocenters. The molecular weight excluding hydrogens is 206 g/mol. The first-order valence-corrected chi connectivity index (χ1v) is 5.54. The van der Waals surface area contributed by atoms with Gasteiger partial charge >= 0.3 is 0 Å². The van der Waals surface area contributed by atoms with Crippen molar-refractivity contribution in [3.63, 3.8) is 0 Å². The van der Waals surface area contributed by atoms with Gasteiger partial charge in [0.05, 0.1) is 0 Å². The van der Waals surface area contributed by atoms with Crippen molar-refractivity contribution >= 4 is 0 Å². The molecule has 0 amide bonds. The molecule has 1 rings (SSSR count). The van der Waals surface area contributed by atoms with Gasteiger partial charge in [0.25, 0.3) is 0 Å². The summed E-state index contributed by atoms with van der Waals surface area (Å²) in [7, 11) is 0. The van der Waals surface area contributed by atoms with E-state index in [1.807, 2.05) is 41.5 Å². The van der Waals surface area contributed by atoms with Crippen LogP contribution in [0.2, 0.25) is 0 Å². The van der Waals surface area contributed by atoms with Crippen LogP contribution in [0.1, 0.15) is 52.7 Å². The molecule has 90 valence electrons. The molecule has 0 N–H and O–H groups in total. The molecule has 16 heavy (non-hydrogen) atoms. The Kier molecular flexibility index (Phi) is 3.15. The third kappa shape index (κ3) is 2.42. The largest absolute Gasteiger partial charge is 0.203 e. The van der Waals surface area contributed by atoms with Crippen LogP contribution in [0.25, 0.3) is 0 Å². The van der Waals surface area contributed by atoms with Gasteiger partial charge in [-0.15, -0.1) is 0 Å². The molecule has 0 saturated carbocycles. The minimum Gasteiger partial charge on any atom is -0.203 e. The Labute approximate surface area is 96.7 Å². The Morgan fingerprint density at radius 2 is 0.938 bits per heavy atom. The first kappa shape index (κ1) is 13.1. The lowest BCUT2D eigenvalue weighted by Crippen LogP contribution is -2.19. The molecule has 0 aliphatic heterocycles. The molecular formula is C14H20F2. The monoisotopic (exact) mass is 226 g/mol. The van der Waals surface area contributed by atoms with E-state index in [2.05, 4.69) is 0 Å². The topological polar surface area (TPSA) is 0 Å². The van der Waals surface area contributed by atoms with Gasteiger partial charge in [0.1, 0.15) is 0 Å². The van der Waals surface area contributed by atoms with Crippen LogP contribution in [-0.4, -0.2) is 0 Å². The normalized spacial score (nSPS) is 13.0. The molecule has 0 spiro atoms. The molecule has 0 nitrogen and oxygen atoms in total. The van der Waals surface area contributed by atoms with Crippen LogP contribution in [-0.2, 0) is 10.8 Å². The van der Waals surface area contributed by atoms with Crippen molar-refractivity contribution < 1.29 is 8.78 Å². The Hall–Kier alpha value is -0.920. The fourth-order valence-electron chi connectivity index (χ4n) is 1.71. The molecule has 1 aromatic rings. The smallest absolute Gasteiger partial charge is 0.162 e. The summed E-state index contributed by atoms with van der Waals surface area (Å²) in [4.78, 5) is 0. The Balaban J connectivity index is 3.41. The fraction of sp³-hybridized carbons (Fsp3) is 0.571. The quantitative estimate of drug-likeness (QED) is 0.608. The fourth-order valence-corrected chi connectivity index (χ4v) is 1.71. The zero-order chi connectivity index (χ0) is 12.7. The van der Waals surface area contributed by atoms with Gasteiger partial charge in [-0.2, -0.15) is 0 Å². The summed E-state index contributed by atoms with van der Waals surface area (Å²) >= 11 is 0. The van der Waals surface area contributed by atoms with E-state index < -0.39 is 11.6 Å². The first-order valence-electron chi connectivity index (χ1n) is 5.54. The number of hydrogen-bond acceptors (Lipinski definition) is 0. The molecule has 0 bridgehead atoms. The molecule has 0 heterocycles. The van der Waals surface area contributed by atoms with Gasteiger partial charge in [-0.25, -0.2) is 8.78 Å². The van der Waals surface area contributed by atoms with Gasteiger partial charge < -0.3 is 0 Å². The van der Waals surface area contributed by atoms with E-state index in [0.29, 0.717) is 11.1 Å². The van der Waals surface area contributed by atoms with Crippen molar-refractivity contribution in [2.45, 2.75) is 52.4 Å². The average molecular weight is 226 g/mol. The second-order valence-corrected chi connectivity index (χ2v) is 6.29. The number of halogens is 2. The lowest BCUT2D eigenvalue weighted by molar-refractivity contribution is 0.438. The summed E-state index contributed by atoms with van der Waals surface area (Å²) in [6, 6.07) is 3.39. The van der Waals surface area contributed by atoms with Crippen molar-refractivity contribution in [2.75, 3.05) is 0 Å². The van der Waals surface area contributed by atoms with Crippen LogP contribution >= 0.6 is 0 Å². The van der Waals surface area contributed by atoms with Crippen LogP contribution in [0.5, 0.6) is 0 Å². The predicted molar refractivity (Wildman–Crippen MR) is 63.8 cm³/mol. The zero-order valence-electron chi connectivity index (χ0n) is 10.9. The summed E-state index contributed by atoms with van der Waals surface area (Å²) in [6.07, 6.45) is 0. The highest BCUT2D eigenvalue weighted by Gasteiger charge is 2.26. The molecule has 0 atom stereocenters. The van der Waals surface area contributed by atoms with E-state index in [9.17, 15) is 8.78 Å². The standard InChI is InChI=1S/C14H20F2/c1-13(2,3)9-7-8-10(14(4,5)6)12(16)11(9)15/h7-8H,1-6H3. The van der Waals surface area contributed by atoms with Gasteiger partial charge in [0.2, 0.25) is 0 Å². The summed E-state index contributed by atoms with van der Waals surface area (Å²) in [5, 5.41) is 0. The zero-order valence-corrected chi connectivity index (χ0v) is 10.9. The second kappa shape index (κ2) is 3.83. The average Bonchev–Trinajstić information content (AvgIpc) is 2.05. The Bertz CT molecular complexity index is 353. The van der Waals surface area contributed by atoms with Gasteiger partial charge in [-0.3, -0.25) is 0 Å². The van der Waals surface area contributed by atoms with Crippen LogP contribution in [0.15, 0.2) is 12.1 Å². The molecule has 2 heteroatoms. The van der Waals surface area contributed by atoms with Crippen molar-refractivity contribution in [1.29, 1.82) is 0 Å². The van der Waals surface area contributed by atoms with E-state index in [1.165, 1.54) is 0 Å². The van der Waals surface area contributed by atoms with E-state index >= 15 is 0 Å². The van der Waals surface area contributed by atoms with Crippen molar-refractivity contribution in [2.24, 2.45) is 0 Å². The molecule has 0 aliphatic rings. The number of rotatable bonds is 0. The van der Waals surface area contributed by atoms with Gasteiger partial charge in [-0.05, 0) is 22.0 Å². The maximum atomic E-state index is 13.9. The van der Waals surface area contributed by atoms with Gasteiger partial charge in [0.15, 0.2) is 11.6 Å². The maximum absolute atomic E-state index is 13.9. The summed E-state index contributed by atoms with van der Waals surface area (Å²) in [5.41, 5.74) is 0.110. The van der Waals surface area contributed by atoms with Gasteiger partial charge in [0, 0.05) is 0 Å². The van der Waals surface area contributed by atoms with Crippen LogP contribution in [0, 0.1) is 11.6 Å². The maximum Gasteiger partial charge on any atom is 0.162 e. The lowest BCUT2D eigenvalue weighted by Gasteiger charge is -2.25. The van der Waals surface area contributed by atoms with Crippen molar-refractivity contribution in [3.05, 3.63) is 34.9 Å². The SMILES string of the molecule is CC(C)(C)c1ccc(C(C)(C)C)c(F)c1F. The first-order chi connectivity index (χ1) is 7.05. The number of hydrogen-bond donors (Lipinski definition) is 0. The highest BCUT2D eigenvalue weighted by atomic mass is 19.2. The van der Waals surface area contributed by atoms with E-state index in [1.54, 1.807) is 12.1 Å². The molecule has 1 aromatic carbocycles. The van der Waals surface area contributed by atoms with E-state index in [0.717, 1.165) is 0 Å². The van der Waals surface area contributed by atoms with E-state index in [-0.39, 0.29) is 10.8 Å². The lowest BCUT2D eigenvalue weighted by atomic mass is 9.81. The highest BCUT2D eigenvalue weighted by Crippen LogP contribution is 2.32. The third-order valence-electron chi connectivity index (χ3n) is 2.70.